The summed E-state index contributed by atoms with van der Waals surface area (Å²) in [5.74, 6) is -0.533. The molecule has 2 unspecified atom stereocenters. The van der Waals surface area contributed by atoms with Crippen molar-refractivity contribution in [2.45, 2.75) is 55.6 Å². The normalized spacial score (nSPS) is 26.6. The van der Waals surface area contributed by atoms with Crippen LogP contribution in [-0.4, -0.2) is 51.0 Å². The number of carbonyl (C=O) groups is 1. The summed E-state index contributed by atoms with van der Waals surface area (Å²) >= 11 is 0. The lowest BCUT2D eigenvalue weighted by Crippen LogP contribution is -2.48. The number of nitrogens with one attached hydrogen (secondary N) is 1. The maximum absolute atomic E-state index is 13.1. The SMILES string of the molecule is COC(=O)c1ccc(C)c(S(=O)(=O)N(C)C2CC3CCC(C2)N3)c1. The highest BCUT2D eigenvalue weighted by atomic mass is 32.2. The number of carbonyl (C=O) groups excluding carboxylic acids is 1. The molecule has 0 saturated carbocycles. The molecule has 1 aromatic rings. The van der Waals surface area contributed by atoms with E-state index >= 15 is 0 Å². The number of methoxy groups -OCH3 is 1. The zero-order valence-corrected chi connectivity index (χ0v) is 15.1. The minimum atomic E-state index is -3.65. The number of rotatable bonds is 4. The molecule has 0 amide bonds. The van der Waals surface area contributed by atoms with Crippen LogP contribution >= 0.6 is 0 Å². The van der Waals surface area contributed by atoms with E-state index in [1.807, 2.05) is 0 Å². The van der Waals surface area contributed by atoms with E-state index in [2.05, 4.69) is 5.32 Å². The number of esters is 1. The lowest BCUT2D eigenvalue weighted by atomic mass is 10.0. The maximum atomic E-state index is 13.1. The Morgan fingerprint density at radius 3 is 2.46 bits per heavy atom. The maximum Gasteiger partial charge on any atom is 0.337 e. The number of hydrogen-bond donors (Lipinski definition) is 1. The van der Waals surface area contributed by atoms with Gasteiger partial charge in [-0.1, -0.05) is 6.07 Å². The highest BCUT2D eigenvalue weighted by Crippen LogP contribution is 2.32. The van der Waals surface area contributed by atoms with E-state index in [4.69, 9.17) is 4.74 Å². The Balaban J connectivity index is 1.91. The summed E-state index contributed by atoms with van der Waals surface area (Å²) in [5.41, 5.74) is 0.881. The number of ether oxygens (including phenoxy) is 1. The van der Waals surface area contributed by atoms with Gasteiger partial charge in [-0.2, -0.15) is 4.31 Å². The average Bonchev–Trinajstić information content (AvgIpc) is 2.91. The standard InChI is InChI=1S/C17H24N2O4S/c1-11-4-5-12(17(20)23-3)8-16(11)24(21,22)19(2)15-9-13-6-7-14(10-15)18-13/h4-5,8,13-15,18H,6-7,9-10H2,1-3H3. The summed E-state index contributed by atoms with van der Waals surface area (Å²) in [6.45, 7) is 1.74. The van der Waals surface area contributed by atoms with Crippen molar-refractivity contribution in [2.24, 2.45) is 0 Å². The van der Waals surface area contributed by atoms with Crippen LogP contribution in [0.2, 0.25) is 0 Å². The van der Waals surface area contributed by atoms with Gasteiger partial charge in [-0.3, -0.25) is 0 Å². The van der Waals surface area contributed by atoms with Crippen LogP contribution in [0.1, 0.15) is 41.6 Å². The topological polar surface area (TPSA) is 75.7 Å². The predicted octanol–water partition coefficient (Wildman–Crippen LogP) is 1.69. The van der Waals surface area contributed by atoms with Gasteiger partial charge in [0.25, 0.3) is 0 Å². The molecule has 2 saturated heterocycles. The van der Waals surface area contributed by atoms with E-state index in [0.717, 1.165) is 25.7 Å². The first-order chi connectivity index (χ1) is 11.3. The van der Waals surface area contributed by atoms with Crippen LogP contribution in [0.25, 0.3) is 0 Å². The molecule has 0 radical (unpaired) electrons. The second-order valence-electron chi connectivity index (χ2n) is 6.76. The molecule has 2 atom stereocenters. The predicted molar refractivity (Wildman–Crippen MR) is 90.4 cm³/mol. The van der Waals surface area contributed by atoms with Crippen LogP contribution in [0.4, 0.5) is 0 Å². The number of benzene rings is 1. The highest BCUT2D eigenvalue weighted by Gasteiger charge is 2.39. The van der Waals surface area contributed by atoms with Crippen molar-refractivity contribution in [2.75, 3.05) is 14.2 Å². The lowest BCUT2D eigenvalue weighted by molar-refractivity contribution is 0.0600. The van der Waals surface area contributed by atoms with Gasteiger partial charge in [0.05, 0.1) is 17.6 Å². The van der Waals surface area contributed by atoms with E-state index in [1.165, 1.54) is 17.5 Å². The van der Waals surface area contributed by atoms with Gasteiger partial charge in [0, 0.05) is 25.2 Å². The van der Waals surface area contributed by atoms with Crippen molar-refractivity contribution in [3.8, 4) is 0 Å². The monoisotopic (exact) mass is 352 g/mol. The van der Waals surface area contributed by atoms with Gasteiger partial charge in [0.15, 0.2) is 0 Å². The molecule has 3 rings (SSSR count). The molecule has 0 aliphatic carbocycles. The molecule has 2 heterocycles. The van der Waals surface area contributed by atoms with E-state index in [9.17, 15) is 13.2 Å². The van der Waals surface area contributed by atoms with E-state index in [-0.39, 0.29) is 16.5 Å². The number of aryl methyl sites for hydroxylation is 1. The smallest absolute Gasteiger partial charge is 0.337 e. The average molecular weight is 352 g/mol. The van der Waals surface area contributed by atoms with Crippen molar-refractivity contribution >= 4 is 16.0 Å². The zero-order chi connectivity index (χ0) is 17.5. The third-order valence-electron chi connectivity index (χ3n) is 5.23. The van der Waals surface area contributed by atoms with Crippen molar-refractivity contribution in [3.05, 3.63) is 29.3 Å². The molecule has 2 bridgehead atoms. The second kappa shape index (κ2) is 6.46. The van der Waals surface area contributed by atoms with Gasteiger partial charge in [0.2, 0.25) is 10.0 Å². The lowest BCUT2D eigenvalue weighted by Gasteiger charge is -2.35. The Hall–Kier alpha value is -1.44. The number of sulfonamides is 1. The van der Waals surface area contributed by atoms with Gasteiger partial charge in [-0.15, -0.1) is 0 Å². The molecule has 1 N–H and O–H groups in total. The molecule has 2 aliphatic rings. The minimum Gasteiger partial charge on any atom is -0.465 e. The Bertz CT molecular complexity index is 735. The van der Waals surface area contributed by atoms with Crippen molar-refractivity contribution in [1.29, 1.82) is 0 Å². The largest absolute Gasteiger partial charge is 0.465 e. The Kier molecular flexibility index (Phi) is 4.68. The molecule has 2 aliphatic heterocycles. The molecule has 0 aromatic heterocycles. The molecule has 2 fully saturated rings. The first kappa shape index (κ1) is 17.4. The molecule has 1 aromatic carbocycles. The van der Waals surface area contributed by atoms with Crippen LogP contribution in [0.15, 0.2) is 23.1 Å². The molecule has 132 valence electrons. The Labute approximate surface area is 143 Å². The number of nitrogens with zero attached hydrogens (tertiary/aromatic N) is 1. The summed E-state index contributed by atoms with van der Waals surface area (Å²) in [4.78, 5) is 11.9. The molecular weight excluding hydrogens is 328 g/mol. The summed E-state index contributed by atoms with van der Waals surface area (Å²) < 4.78 is 32.4. The summed E-state index contributed by atoms with van der Waals surface area (Å²) in [6.07, 6.45) is 3.90. The number of piperidine rings is 1. The van der Waals surface area contributed by atoms with Crippen LogP contribution in [-0.2, 0) is 14.8 Å². The number of hydrogen-bond acceptors (Lipinski definition) is 5. The molecule has 24 heavy (non-hydrogen) atoms. The highest BCUT2D eigenvalue weighted by molar-refractivity contribution is 7.89. The Morgan fingerprint density at radius 2 is 1.88 bits per heavy atom. The van der Waals surface area contributed by atoms with Gasteiger partial charge >= 0.3 is 5.97 Å². The Morgan fingerprint density at radius 1 is 1.25 bits per heavy atom. The van der Waals surface area contributed by atoms with Gasteiger partial charge in [-0.25, -0.2) is 13.2 Å². The van der Waals surface area contributed by atoms with Crippen LogP contribution in [0.5, 0.6) is 0 Å². The molecule has 0 spiro atoms. The first-order valence-corrected chi connectivity index (χ1v) is 9.70. The second-order valence-corrected chi connectivity index (χ2v) is 8.72. The third kappa shape index (κ3) is 3.08. The number of fused-ring (bicyclic) bond motifs is 2. The summed E-state index contributed by atoms with van der Waals surface area (Å²) in [7, 11) is -0.722. The van der Waals surface area contributed by atoms with E-state index < -0.39 is 16.0 Å². The quantitative estimate of drug-likeness (QED) is 0.835. The summed E-state index contributed by atoms with van der Waals surface area (Å²) in [5, 5.41) is 3.53. The van der Waals surface area contributed by atoms with Gasteiger partial charge in [0.1, 0.15) is 0 Å². The van der Waals surface area contributed by atoms with Crippen molar-refractivity contribution in [3.63, 3.8) is 0 Å². The zero-order valence-electron chi connectivity index (χ0n) is 14.3. The fourth-order valence-corrected chi connectivity index (χ4v) is 5.42. The van der Waals surface area contributed by atoms with Gasteiger partial charge in [-0.05, 0) is 50.3 Å². The minimum absolute atomic E-state index is 0.00469. The van der Waals surface area contributed by atoms with Crippen molar-refractivity contribution < 1.29 is 17.9 Å². The molecule has 6 nitrogen and oxygen atoms in total. The molecule has 7 heteroatoms. The van der Waals surface area contributed by atoms with Crippen LogP contribution in [0.3, 0.4) is 0 Å². The molecular formula is C17H24N2O4S. The van der Waals surface area contributed by atoms with Gasteiger partial charge < -0.3 is 10.1 Å². The summed E-state index contributed by atoms with van der Waals surface area (Å²) in [6, 6.07) is 5.48. The fourth-order valence-electron chi connectivity index (χ4n) is 3.80. The first-order valence-electron chi connectivity index (χ1n) is 8.26. The fraction of sp³-hybridized carbons (Fsp3) is 0.588. The third-order valence-corrected chi connectivity index (χ3v) is 7.28. The van der Waals surface area contributed by atoms with E-state index in [0.29, 0.717) is 17.6 Å². The van der Waals surface area contributed by atoms with Crippen LogP contribution in [0, 0.1) is 6.92 Å². The van der Waals surface area contributed by atoms with Crippen molar-refractivity contribution in [1.82, 2.24) is 9.62 Å². The van der Waals surface area contributed by atoms with Crippen LogP contribution < -0.4 is 5.32 Å². The van der Waals surface area contributed by atoms with E-state index in [1.54, 1.807) is 26.1 Å².